The van der Waals surface area contributed by atoms with Gasteiger partial charge in [-0.15, -0.1) is 0 Å². The summed E-state index contributed by atoms with van der Waals surface area (Å²) in [5.74, 6) is 2.63. The SMILES string of the molecule is C/C=C(\C)c1nc(-c2ccccc2)cc(-c2cccc(-c3cccc(-c4nc(-c5ccccc5)nc(-c5ccccc5)n4)c3)c2)n1. The molecule has 5 nitrogen and oxygen atoms in total. The van der Waals surface area contributed by atoms with Crippen LogP contribution in [0.5, 0.6) is 0 Å². The number of hydrogen-bond donors (Lipinski definition) is 0. The van der Waals surface area contributed by atoms with Crippen LogP contribution in [-0.4, -0.2) is 24.9 Å². The summed E-state index contributed by atoms with van der Waals surface area (Å²) in [5.41, 5.74) is 9.82. The molecule has 5 heteroatoms. The quantitative estimate of drug-likeness (QED) is 0.184. The Bertz CT molecular complexity index is 2100. The molecule has 46 heavy (non-hydrogen) atoms. The molecule has 0 radical (unpaired) electrons. The van der Waals surface area contributed by atoms with Gasteiger partial charge in [0, 0.05) is 27.8 Å². The Balaban J connectivity index is 1.30. The van der Waals surface area contributed by atoms with Gasteiger partial charge in [0.15, 0.2) is 23.3 Å². The highest BCUT2D eigenvalue weighted by molar-refractivity contribution is 5.77. The Hall–Kier alpha value is -6.07. The first kappa shape index (κ1) is 28.7. The third-order valence-corrected chi connectivity index (χ3v) is 7.89. The average Bonchev–Trinajstić information content (AvgIpc) is 3.15. The molecule has 7 aromatic rings. The molecule has 0 aliphatic carbocycles. The van der Waals surface area contributed by atoms with Crippen LogP contribution in [0.15, 0.2) is 152 Å². The molecular formula is C41H31N5. The fourth-order valence-electron chi connectivity index (χ4n) is 5.29. The number of nitrogens with zero attached hydrogens (tertiary/aromatic N) is 5. The molecule has 0 N–H and O–H groups in total. The molecule has 220 valence electrons. The summed E-state index contributed by atoms with van der Waals surface area (Å²) >= 11 is 0. The van der Waals surface area contributed by atoms with Crippen molar-refractivity contribution >= 4 is 5.57 Å². The summed E-state index contributed by atoms with van der Waals surface area (Å²) in [7, 11) is 0. The van der Waals surface area contributed by atoms with Crippen molar-refractivity contribution < 1.29 is 0 Å². The smallest absolute Gasteiger partial charge is 0.164 e. The first-order chi connectivity index (χ1) is 22.6. The predicted molar refractivity (Wildman–Crippen MR) is 187 cm³/mol. The van der Waals surface area contributed by atoms with Crippen LogP contribution in [0, 0.1) is 0 Å². The van der Waals surface area contributed by atoms with E-state index in [4.69, 9.17) is 24.9 Å². The molecule has 0 saturated heterocycles. The van der Waals surface area contributed by atoms with E-state index in [9.17, 15) is 0 Å². The number of hydrogen-bond acceptors (Lipinski definition) is 5. The van der Waals surface area contributed by atoms with E-state index >= 15 is 0 Å². The summed E-state index contributed by atoms with van der Waals surface area (Å²) in [4.78, 5) is 24.6. The van der Waals surface area contributed by atoms with Gasteiger partial charge in [0.2, 0.25) is 0 Å². The monoisotopic (exact) mass is 593 g/mol. The molecule has 0 amide bonds. The van der Waals surface area contributed by atoms with E-state index < -0.39 is 0 Å². The second kappa shape index (κ2) is 12.9. The van der Waals surface area contributed by atoms with Crippen molar-refractivity contribution in [1.82, 2.24) is 24.9 Å². The molecular weight excluding hydrogens is 562 g/mol. The molecule has 2 heterocycles. The molecule has 5 aromatic carbocycles. The Labute approximate surface area is 269 Å². The van der Waals surface area contributed by atoms with Crippen LogP contribution >= 0.6 is 0 Å². The molecule has 0 fully saturated rings. The van der Waals surface area contributed by atoms with Crippen molar-refractivity contribution in [1.29, 1.82) is 0 Å². The van der Waals surface area contributed by atoms with E-state index in [1.165, 1.54) is 0 Å². The minimum absolute atomic E-state index is 0.625. The van der Waals surface area contributed by atoms with Crippen molar-refractivity contribution in [3.63, 3.8) is 0 Å². The Morgan fingerprint density at radius 2 is 0.783 bits per heavy atom. The normalized spacial score (nSPS) is 11.4. The van der Waals surface area contributed by atoms with Crippen molar-refractivity contribution in [3.05, 3.63) is 157 Å². The zero-order chi connectivity index (χ0) is 31.3. The lowest BCUT2D eigenvalue weighted by molar-refractivity contribution is 1.07. The topological polar surface area (TPSA) is 64.5 Å². The van der Waals surface area contributed by atoms with Gasteiger partial charge in [0.25, 0.3) is 0 Å². The van der Waals surface area contributed by atoms with Gasteiger partial charge >= 0.3 is 0 Å². The summed E-state index contributed by atoms with van der Waals surface area (Å²) in [5, 5.41) is 0. The lowest BCUT2D eigenvalue weighted by Gasteiger charge is -2.11. The molecule has 0 bridgehead atoms. The Morgan fingerprint density at radius 1 is 0.391 bits per heavy atom. The third-order valence-electron chi connectivity index (χ3n) is 7.89. The molecule has 0 spiro atoms. The second-order valence-electron chi connectivity index (χ2n) is 11.0. The van der Waals surface area contributed by atoms with E-state index in [2.05, 4.69) is 66.7 Å². The Kier molecular flexibility index (Phi) is 8.04. The Morgan fingerprint density at radius 3 is 1.30 bits per heavy atom. The highest BCUT2D eigenvalue weighted by Gasteiger charge is 2.14. The van der Waals surface area contributed by atoms with Crippen molar-refractivity contribution in [2.45, 2.75) is 13.8 Å². The summed E-state index contributed by atoms with van der Waals surface area (Å²) in [6.45, 7) is 4.06. The van der Waals surface area contributed by atoms with Crippen LogP contribution in [0.1, 0.15) is 19.7 Å². The van der Waals surface area contributed by atoms with Gasteiger partial charge in [-0.05, 0) is 48.7 Å². The predicted octanol–water partition coefficient (Wildman–Crippen LogP) is 10.1. The first-order valence-electron chi connectivity index (χ1n) is 15.3. The molecule has 0 atom stereocenters. The zero-order valence-corrected chi connectivity index (χ0v) is 25.7. The van der Waals surface area contributed by atoms with Crippen molar-refractivity contribution in [2.24, 2.45) is 0 Å². The minimum Gasteiger partial charge on any atom is -0.228 e. The van der Waals surface area contributed by atoms with Crippen LogP contribution < -0.4 is 0 Å². The van der Waals surface area contributed by atoms with Crippen molar-refractivity contribution in [3.8, 4) is 67.8 Å². The maximum Gasteiger partial charge on any atom is 0.164 e. The van der Waals surface area contributed by atoms with Crippen LogP contribution in [0.2, 0.25) is 0 Å². The van der Waals surface area contributed by atoms with E-state index in [1.54, 1.807) is 0 Å². The van der Waals surface area contributed by atoms with Crippen LogP contribution in [-0.2, 0) is 0 Å². The first-order valence-corrected chi connectivity index (χ1v) is 15.3. The maximum absolute atomic E-state index is 4.97. The number of aromatic nitrogens is 5. The minimum atomic E-state index is 0.625. The van der Waals surface area contributed by atoms with Gasteiger partial charge in [-0.1, -0.05) is 133 Å². The molecule has 0 saturated carbocycles. The van der Waals surface area contributed by atoms with Gasteiger partial charge < -0.3 is 0 Å². The third kappa shape index (κ3) is 6.12. The van der Waals surface area contributed by atoms with Gasteiger partial charge in [0.1, 0.15) is 0 Å². The van der Waals surface area contributed by atoms with E-state index in [0.29, 0.717) is 17.5 Å². The van der Waals surface area contributed by atoms with Crippen molar-refractivity contribution in [2.75, 3.05) is 0 Å². The van der Waals surface area contributed by atoms with Gasteiger partial charge in [-0.2, -0.15) is 0 Å². The zero-order valence-electron chi connectivity index (χ0n) is 25.7. The summed E-state index contributed by atoms with van der Waals surface area (Å²) in [6, 6.07) is 49.2. The van der Waals surface area contributed by atoms with Gasteiger partial charge in [-0.25, -0.2) is 24.9 Å². The van der Waals surface area contributed by atoms with Crippen LogP contribution in [0.3, 0.4) is 0 Å². The van der Waals surface area contributed by atoms with E-state index in [0.717, 1.165) is 61.7 Å². The largest absolute Gasteiger partial charge is 0.228 e. The molecule has 7 rings (SSSR count). The molecule has 0 aliphatic heterocycles. The van der Waals surface area contributed by atoms with E-state index in [-0.39, 0.29) is 0 Å². The fraction of sp³-hybridized carbons (Fsp3) is 0.0488. The maximum atomic E-state index is 4.97. The van der Waals surface area contributed by atoms with Gasteiger partial charge in [0.05, 0.1) is 11.4 Å². The summed E-state index contributed by atoms with van der Waals surface area (Å²) in [6.07, 6.45) is 2.05. The summed E-state index contributed by atoms with van der Waals surface area (Å²) < 4.78 is 0. The number of allylic oxidation sites excluding steroid dienone is 2. The van der Waals surface area contributed by atoms with E-state index in [1.807, 2.05) is 98.8 Å². The fourth-order valence-corrected chi connectivity index (χ4v) is 5.29. The highest BCUT2D eigenvalue weighted by atomic mass is 15.0. The average molecular weight is 594 g/mol. The van der Waals surface area contributed by atoms with Crippen LogP contribution in [0.4, 0.5) is 0 Å². The van der Waals surface area contributed by atoms with Gasteiger partial charge in [-0.3, -0.25) is 0 Å². The molecule has 0 aliphatic rings. The standard InChI is InChI=1S/C41H31N5/c1-3-28(2)38-42-36(29-15-7-4-8-16-29)27-37(43-38)34-23-13-21-32(25-34)33-22-14-24-35(26-33)41-45-39(30-17-9-5-10-18-30)44-40(46-41)31-19-11-6-12-20-31/h3-27H,1-2H3/b28-3+. The number of benzene rings is 5. The molecule has 0 unspecified atom stereocenters. The number of rotatable bonds is 7. The lowest BCUT2D eigenvalue weighted by Crippen LogP contribution is -2.00. The van der Waals surface area contributed by atoms with Crippen LogP contribution in [0.25, 0.3) is 73.4 Å². The lowest BCUT2D eigenvalue weighted by atomic mass is 9.99. The highest BCUT2D eigenvalue weighted by Crippen LogP contribution is 2.32. The second-order valence-corrected chi connectivity index (χ2v) is 11.0. The molecule has 2 aromatic heterocycles.